The van der Waals surface area contributed by atoms with Crippen LogP contribution in [-0.2, 0) is 6.42 Å². The van der Waals surface area contributed by atoms with Crippen molar-refractivity contribution >= 4 is 27.3 Å². The molecule has 0 spiro atoms. The van der Waals surface area contributed by atoms with Crippen molar-refractivity contribution < 1.29 is 0 Å². The van der Waals surface area contributed by atoms with Crippen molar-refractivity contribution in [2.24, 2.45) is 5.92 Å². The Kier molecular flexibility index (Phi) is 5.51. The van der Waals surface area contributed by atoms with Crippen LogP contribution >= 0.6 is 27.3 Å². The number of rotatable bonds is 5. The van der Waals surface area contributed by atoms with Crippen molar-refractivity contribution in [3.05, 3.63) is 20.8 Å². The molecule has 2 atom stereocenters. The van der Waals surface area contributed by atoms with E-state index in [4.69, 9.17) is 0 Å². The Morgan fingerprint density at radius 2 is 2.29 bits per heavy atom. The molecule has 96 valence electrons. The second-order valence-electron chi connectivity index (χ2n) is 5.05. The Labute approximate surface area is 117 Å². The van der Waals surface area contributed by atoms with Crippen molar-refractivity contribution in [1.82, 2.24) is 5.32 Å². The molecule has 1 N–H and O–H groups in total. The van der Waals surface area contributed by atoms with Crippen molar-refractivity contribution in [2.75, 3.05) is 6.54 Å². The van der Waals surface area contributed by atoms with Gasteiger partial charge >= 0.3 is 0 Å². The zero-order valence-electron chi connectivity index (χ0n) is 10.5. The summed E-state index contributed by atoms with van der Waals surface area (Å²) in [5.41, 5.74) is 0. The number of halogens is 1. The molecule has 1 fully saturated rings. The normalized spacial score (nSPS) is 25.1. The first kappa shape index (κ1) is 13.6. The summed E-state index contributed by atoms with van der Waals surface area (Å²) >= 11 is 5.37. The highest BCUT2D eigenvalue weighted by molar-refractivity contribution is 9.11. The molecule has 2 unspecified atom stereocenters. The van der Waals surface area contributed by atoms with Crippen LogP contribution < -0.4 is 5.32 Å². The van der Waals surface area contributed by atoms with Gasteiger partial charge in [-0.15, -0.1) is 11.3 Å². The molecule has 1 saturated carbocycles. The van der Waals surface area contributed by atoms with Crippen LogP contribution in [0.4, 0.5) is 0 Å². The summed E-state index contributed by atoms with van der Waals surface area (Å²) in [7, 11) is 0. The summed E-state index contributed by atoms with van der Waals surface area (Å²) in [6.07, 6.45) is 8.17. The summed E-state index contributed by atoms with van der Waals surface area (Å²) in [6.45, 7) is 3.46. The molecular weight excluding hydrogens is 294 g/mol. The largest absolute Gasteiger partial charge is 0.314 e. The maximum atomic E-state index is 3.73. The monoisotopic (exact) mass is 315 g/mol. The molecule has 0 amide bonds. The molecule has 0 saturated heterocycles. The Hall–Kier alpha value is 0.140. The number of thiophene rings is 1. The van der Waals surface area contributed by atoms with Crippen molar-refractivity contribution in [2.45, 2.75) is 51.5 Å². The average Bonchev–Trinajstić information content (AvgIpc) is 2.75. The van der Waals surface area contributed by atoms with Gasteiger partial charge in [-0.2, -0.15) is 0 Å². The van der Waals surface area contributed by atoms with Crippen LogP contribution in [0.5, 0.6) is 0 Å². The van der Waals surface area contributed by atoms with Gasteiger partial charge in [-0.05, 0) is 53.2 Å². The van der Waals surface area contributed by atoms with Crippen LogP contribution in [0.1, 0.15) is 43.9 Å². The third-order valence-corrected chi connectivity index (χ3v) is 5.48. The van der Waals surface area contributed by atoms with E-state index in [0.29, 0.717) is 0 Å². The van der Waals surface area contributed by atoms with E-state index < -0.39 is 0 Å². The molecule has 3 heteroatoms. The summed E-state index contributed by atoms with van der Waals surface area (Å²) in [6, 6.07) is 5.15. The minimum Gasteiger partial charge on any atom is -0.314 e. The lowest BCUT2D eigenvalue weighted by atomic mass is 9.84. The lowest BCUT2D eigenvalue weighted by Gasteiger charge is -2.29. The zero-order valence-corrected chi connectivity index (χ0v) is 12.9. The Morgan fingerprint density at radius 3 is 3.00 bits per heavy atom. The molecule has 2 rings (SSSR count). The van der Waals surface area contributed by atoms with E-state index in [1.165, 1.54) is 47.2 Å². The van der Waals surface area contributed by atoms with E-state index in [1.54, 1.807) is 0 Å². The Morgan fingerprint density at radius 1 is 1.41 bits per heavy atom. The predicted molar refractivity (Wildman–Crippen MR) is 79.8 cm³/mol. The quantitative estimate of drug-likeness (QED) is 0.836. The second-order valence-corrected chi connectivity index (χ2v) is 7.60. The van der Waals surface area contributed by atoms with Crippen molar-refractivity contribution in [3.63, 3.8) is 0 Å². The van der Waals surface area contributed by atoms with Gasteiger partial charge in [0, 0.05) is 17.5 Å². The van der Waals surface area contributed by atoms with Crippen LogP contribution in [-0.4, -0.2) is 12.6 Å². The molecule has 1 aliphatic rings. The minimum atomic E-state index is 0.775. The number of nitrogens with one attached hydrogen (secondary N) is 1. The van der Waals surface area contributed by atoms with Crippen LogP contribution in [0, 0.1) is 5.92 Å². The van der Waals surface area contributed by atoms with Gasteiger partial charge in [0.25, 0.3) is 0 Å². The highest BCUT2D eigenvalue weighted by atomic mass is 79.9. The SMILES string of the molecule is CCC1CCCC(NCCc2ccc(Br)s2)C1. The van der Waals surface area contributed by atoms with Crippen molar-refractivity contribution in [1.29, 1.82) is 0 Å². The first-order chi connectivity index (χ1) is 8.28. The first-order valence-electron chi connectivity index (χ1n) is 6.75. The third kappa shape index (κ3) is 4.38. The molecule has 1 aliphatic carbocycles. The maximum Gasteiger partial charge on any atom is 0.0701 e. The summed E-state index contributed by atoms with van der Waals surface area (Å²) in [5.74, 6) is 0.970. The Bertz CT molecular complexity index is 337. The fraction of sp³-hybridized carbons (Fsp3) is 0.714. The molecule has 17 heavy (non-hydrogen) atoms. The summed E-state index contributed by atoms with van der Waals surface area (Å²) in [4.78, 5) is 1.48. The molecular formula is C14H22BrNS. The van der Waals surface area contributed by atoms with Crippen LogP contribution in [0.15, 0.2) is 15.9 Å². The molecule has 0 radical (unpaired) electrons. The van der Waals surface area contributed by atoms with Crippen LogP contribution in [0.3, 0.4) is 0 Å². The molecule has 1 aromatic heterocycles. The van der Waals surface area contributed by atoms with Gasteiger partial charge in [-0.25, -0.2) is 0 Å². The van der Waals surface area contributed by atoms with E-state index in [-0.39, 0.29) is 0 Å². The minimum absolute atomic E-state index is 0.775. The topological polar surface area (TPSA) is 12.0 Å². The number of hydrogen-bond donors (Lipinski definition) is 1. The number of hydrogen-bond acceptors (Lipinski definition) is 2. The second kappa shape index (κ2) is 6.91. The summed E-state index contributed by atoms with van der Waals surface area (Å²) < 4.78 is 1.25. The van der Waals surface area contributed by atoms with Crippen LogP contribution in [0.2, 0.25) is 0 Å². The molecule has 1 heterocycles. The van der Waals surface area contributed by atoms with Crippen molar-refractivity contribution in [3.8, 4) is 0 Å². The fourth-order valence-corrected chi connectivity index (χ4v) is 4.22. The van der Waals surface area contributed by atoms with Gasteiger partial charge in [0.1, 0.15) is 0 Å². The fourth-order valence-electron chi connectivity index (χ4n) is 2.73. The van der Waals surface area contributed by atoms with E-state index >= 15 is 0 Å². The molecule has 1 nitrogen and oxygen atoms in total. The smallest absolute Gasteiger partial charge is 0.0701 e. The zero-order chi connectivity index (χ0) is 12.1. The molecule has 1 aromatic rings. The van der Waals surface area contributed by atoms with E-state index in [0.717, 1.165) is 18.5 Å². The molecule has 0 bridgehead atoms. The highest BCUT2D eigenvalue weighted by Crippen LogP contribution is 2.26. The van der Waals surface area contributed by atoms with Gasteiger partial charge in [-0.1, -0.05) is 26.2 Å². The van der Waals surface area contributed by atoms with E-state index in [9.17, 15) is 0 Å². The lowest BCUT2D eigenvalue weighted by Crippen LogP contribution is -2.35. The van der Waals surface area contributed by atoms with Gasteiger partial charge < -0.3 is 5.32 Å². The standard InChI is InChI=1S/C14H22BrNS/c1-2-11-4-3-5-12(10-11)16-9-8-13-6-7-14(15)17-13/h6-7,11-12,16H,2-5,8-10H2,1H3. The summed E-state index contributed by atoms with van der Waals surface area (Å²) in [5, 5.41) is 3.73. The molecule has 0 aliphatic heterocycles. The van der Waals surface area contributed by atoms with Gasteiger partial charge in [0.2, 0.25) is 0 Å². The average molecular weight is 316 g/mol. The van der Waals surface area contributed by atoms with E-state index in [2.05, 4.69) is 40.3 Å². The Balaban J connectivity index is 1.68. The molecule has 0 aromatic carbocycles. The first-order valence-corrected chi connectivity index (χ1v) is 8.36. The highest BCUT2D eigenvalue weighted by Gasteiger charge is 2.19. The lowest BCUT2D eigenvalue weighted by molar-refractivity contribution is 0.280. The third-order valence-electron chi connectivity index (χ3n) is 3.79. The van der Waals surface area contributed by atoms with Gasteiger partial charge in [0.05, 0.1) is 3.79 Å². The maximum absolute atomic E-state index is 3.73. The van der Waals surface area contributed by atoms with E-state index in [1.807, 2.05) is 11.3 Å². The van der Waals surface area contributed by atoms with Gasteiger partial charge in [-0.3, -0.25) is 0 Å². The van der Waals surface area contributed by atoms with Crippen LogP contribution in [0.25, 0.3) is 0 Å². The predicted octanol–water partition coefficient (Wildman–Crippen LogP) is 4.61. The van der Waals surface area contributed by atoms with Gasteiger partial charge in [0.15, 0.2) is 0 Å².